The van der Waals surface area contributed by atoms with Crippen LogP contribution in [0, 0.1) is 6.92 Å². The topological polar surface area (TPSA) is 71.8 Å². The van der Waals surface area contributed by atoms with Crippen molar-refractivity contribution in [2.45, 2.75) is 6.92 Å². The fourth-order valence-electron chi connectivity index (χ4n) is 1.32. The van der Waals surface area contributed by atoms with Gasteiger partial charge in [0.15, 0.2) is 0 Å². The van der Waals surface area contributed by atoms with Crippen LogP contribution < -0.4 is 11.3 Å². The lowest BCUT2D eigenvalue weighted by molar-refractivity contribution is 1.13. The van der Waals surface area contributed by atoms with Gasteiger partial charge in [0.1, 0.15) is 11.6 Å². The van der Waals surface area contributed by atoms with E-state index in [1.165, 1.54) is 6.07 Å². The van der Waals surface area contributed by atoms with Crippen molar-refractivity contribution in [2.75, 3.05) is 5.73 Å². The minimum atomic E-state index is -0.238. The highest BCUT2D eigenvalue weighted by Crippen LogP contribution is 2.14. The van der Waals surface area contributed by atoms with E-state index in [0.29, 0.717) is 5.82 Å². The number of nitrogens with one attached hydrogen (secondary N) is 1. The van der Waals surface area contributed by atoms with Crippen molar-refractivity contribution in [3.8, 4) is 11.4 Å². The van der Waals surface area contributed by atoms with Crippen LogP contribution in [0.3, 0.4) is 0 Å². The zero-order valence-corrected chi connectivity index (χ0v) is 8.32. The van der Waals surface area contributed by atoms with Crippen molar-refractivity contribution >= 4 is 5.82 Å². The molecule has 0 radical (unpaired) electrons. The molecule has 1 aromatic carbocycles. The molecule has 2 aromatic rings. The highest BCUT2D eigenvalue weighted by atomic mass is 16.1. The lowest BCUT2D eigenvalue weighted by Crippen LogP contribution is -2.09. The number of hydrogen-bond donors (Lipinski definition) is 2. The van der Waals surface area contributed by atoms with Gasteiger partial charge in [-0.25, -0.2) is 4.98 Å². The molecule has 0 saturated heterocycles. The Labute approximate surface area is 86.8 Å². The Bertz CT molecular complexity index is 528. The molecular weight excluding hydrogens is 190 g/mol. The van der Waals surface area contributed by atoms with Gasteiger partial charge >= 0.3 is 0 Å². The molecule has 2 rings (SSSR count). The van der Waals surface area contributed by atoms with Crippen LogP contribution >= 0.6 is 0 Å². The normalized spacial score (nSPS) is 10.2. The lowest BCUT2D eigenvalue weighted by atomic mass is 10.1. The highest BCUT2D eigenvalue weighted by Gasteiger charge is 2.01. The van der Waals surface area contributed by atoms with Crippen LogP contribution in [0.5, 0.6) is 0 Å². The van der Waals surface area contributed by atoms with Gasteiger partial charge in [-0.3, -0.25) is 4.79 Å². The first kappa shape index (κ1) is 9.45. The molecule has 76 valence electrons. The summed E-state index contributed by atoms with van der Waals surface area (Å²) in [5, 5.41) is 0. The van der Waals surface area contributed by atoms with Crippen molar-refractivity contribution < 1.29 is 0 Å². The Kier molecular flexibility index (Phi) is 2.25. The minimum absolute atomic E-state index is 0.231. The Balaban J connectivity index is 2.54. The van der Waals surface area contributed by atoms with Crippen molar-refractivity contribution in [1.29, 1.82) is 0 Å². The predicted molar refractivity (Wildman–Crippen MR) is 59.4 cm³/mol. The number of rotatable bonds is 1. The SMILES string of the molecule is Cc1ccc(-c2nc(N)cc(=O)[nH]2)cc1. The van der Waals surface area contributed by atoms with E-state index >= 15 is 0 Å². The molecule has 15 heavy (non-hydrogen) atoms. The number of aromatic nitrogens is 2. The summed E-state index contributed by atoms with van der Waals surface area (Å²) in [7, 11) is 0. The van der Waals surface area contributed by atoms with Crippen LogP contribution in [0.1, 0.15) is 5.56 Å². The number of H-pyrrole nitrogens is 1. The molecule has 0 aliphatic heterocycles. The molecule has 0 atom stereocenters. The van der Waals surface area contributed by atoms with Gasteiger partial charge < -0.3 is 10.7 Å². The Morgan fingerprint density at radius 2 is 1.93 bits per heavy atom. The van der Waals surface area contributed by atoms with Gasteiger partial charge in [-0.15, -0.1) is 0 Å². The molecule has 0 saturated carbocycles. The number of nitrogens with zero attached hydrogens (tertiary/aromatic N) is 1. The minimum Gasteiger partial charge on any atom is -0.383 e. The first-order chi connectivity index (χ1) is 7.15. The summed E-state index contributed by atoms with van der Waals surface area (Å²) in [6, 6.07) is 8.97. The number of aryl methyl sites for hydroxylation is 1. The fourth-order valence-corrected chi connectivity index (χ4v) is 1.32. The van der Waals surface area contributed by atoms with Gasteiger partial charge in [0, 0.05) is 11.6 Å². The molecule has 0 unspecified atom stereocenters. The van der Waals surface area contributed by atoms with Crippen LogP contribution in [0.25, 0.3) is 11.4 Å². The summed E-state index contributed by atoms with van der Waals surface area (Å²) in [5.41, 5.74) is 7.27. The fraction of sp³-hybridized carbons (Fsp3) is 0.0909. The second-order valence-electron chi connectivity index (χ2n) is 3.38. The maximum atomic E-state index is 11.2. The Morgan fingerprint density at radius 3 is 2.53 bits per heavy atom. The highest BCUT2D eigenvalue weighted by molar-refractivity contribution is 5.56. The smallest absolute Gasteiger partial charge is 0.253 e. The van der Waals surface area contributed by atoms with E-state index in [9.17, 15) is 4.79 Å². The summed E-state index contributed by atoms with van der Waals surface area (Å²) < 4.78 is 0. The Morgan fingerprint density at radius 1 is 1.27 bits per heavy atom. The van der Waals surface area contributed by atoms with Crippen molar-refractivity contribution in [2.24, 2.45) is 0 Å². The van der Waals surface area contributed by atoms with E-state index in [4.69, 9.17) is 5.73 Å². The molecule has 0 aliphatic rings. The molecule has 4 nitrogen and oxygen atoms in total. The number of nitrogens with two attached hydrogens (primary N) is 1. The number of anilines is 1. The van der Waals surface area contributed by atoms with E-state index in [2.05, 4.69) is 9.97 Å². The number of benzene rings is 1. The summed E-state index contributed by atoms with van der Waals surface area (Å²) in [6.45, 7) is 2.00. The van der Waals surface area contributed by atoms with Crippen LogP contribution in [-0.4, -0.2) is 9.97 Å². The summed E-state index contributed by atoms with van der Waals surface area (Å²) >= 11 is 0. The summed E-state index contributed by atoms with van der Waals surface area (Å²) in [4.78, 5) is 17.9. The van der Waals surface area contributed by atoms with Gasteiger partial charge in [-0.05, 0) is 6.92 Å². The molecule has 0 spiro atoms. The van der Waals surface area contributed by atoms with Crippen molar-refractivity contribution in [3.63, 3.8) is 0 Å². The average Bonchev–Trinajstić information content (AvgIpc) is 2.17. The third-order valence-corrected chi connectivity index (χ3v) is 2.09. The second-order valence-corrected chi connectivity index (χ2v) is 3.38. The monoisotopic (exact) mass is 201 g/mol. The second kappa shape index (κ2) is 3.57. The molecule has 0 fully saturated rings. The standard InChI is InChI=1S/C11H11N3O/c1-7-2-4-8(5-3-7)11-13-9(12)6-10(15)14-11/h2-6H,1H3,(H3,12,13,14,15). The van der Waals surface area contributed by atoms with E-state index in [-0.39, 0.29) is 11.4 Å². The van der Waals surface area contributed by atoms with Gasteiger partial charge in [0.2, 0.25) is 0 Å². The summed E-state index contributed by atoms with van der Waals surface area (Å²) in [5.74, 6) is 0.731. The third kappa shape index (κ3) is 2.04. The van der Waals surface area contributed by atoms with Gasteiger partial charge in [0.25, 0.3) is 5.56 Å². The summed E-state index contributed by atoms with van der Waals surface area (Å²) in [6.07, 6.45) is 0. The first-order valence-electron chi connectivity index (χ1n) is 4.59. The number of nitrogen functional groups attached to an aromatic ring is 1. The van der Waals surface area contributed by atoms with Crippen molar-refractivity contribution in [1.82, 2.24) is 9.97 Å². The van der Waals surface area contributed by atoms with Crippen LogP contribution in [-0.2, 0) is 0 Å². The third-order valence-electron chi connectivity index (χ3n) is 2.09. The van der Waals surface area contributed by atoms with Gasteiger partial charge in [-0.2, -0.15) is 0 Å². The van der Waals surface area contributed by atoms with Gasteiger partial charge in [-0.1, -0.05) is 29.8 Å². The van der Waals surface area contributed by atoms with E-state index in [1.807, 2.05) is 31.2 Å². The zero-order chi connectivity index (χ0) is 10.8. The van der Waals surface area contributed by atoms with Crippen LogP contribution in [0.2, 0.25) is 0 Å². The predicted octanol–water partition coefficient (Wildman–Crippen LogP) is 1.33. The Hall–Kier alpha value is -2.10. The molecular formula is C11H11N3O. The average molecular weight is 201 g/mol. The number of aromatic amines is 1. The van der Waals surface area contributed by atoms with E-state index in [0.717, 1.165) is 11.1 Å². The maximum Gasteiger partial charge on any atom is 0.253 e. The first-order valence-corrected chi connectivity index (χ1v) is 4.59. The van der Waals surface area contributed by atoms with Crippen LogP contribution in [0.4, 0.5) is 5.82 Å². The lowest BCUT2D eigenvalue weighted by Gasteiger charge is -2.01. The largest absolute Gasteiger partial charge is 0.383 e. The maximum absolute atomic E-state index is 11.2. The molecule has 1 aromatic heterocycles. The molecule has 3 N–H and O–H groups in total. The quantitative estimate of drug-likeness (QED) is 0.731. The van der Waals surface area contributed by atoms with Gasteiger partial charge in [0.05, 0.1) is 0 Å². The molecule has 0 bridgehead atoms. The number of hydrogen-bond acceptors (Lipinski definition) is 3. The zero-order valence-electron chi connectivity index (χ0n) is 8.32. The molecule has 0 aliphatic carbocycles. The van der Waals surface area contributed by atoms with Crippen LogP contribution in [0.15, 0.2) is 35.1 Å². The molecule has 1 heterocycles. The van der Waals surface area contributed by atoms with Crippen molar-refractivity contribution in [3.05, 3.63) is 46.2 Å². The molecule has 0 amide bonds. The molecule has 4 heteroatoms. The van der Waals surface area contributed by atoms with E-state index < -0.39 is 0 Å². The van der Waals surface area contributed by atoms with E-state index in [1.54, 1.807) is 0 Å².